The first-order valence-electron chi connectivity index (χ1n) is 6.12. The Morgan fingerprint density at radius 3 is 3.24 bits per heavy atom. The summed E-state index contributed by atoms with van der Waals surface area (Å²) in [6.07, 6.45) is 6.45. The minimum atomic E-state index is -0.297. The van der Waals surface area contributed by atoms with Gasteiger partial charge in [-0.05, 0) is 32.7 Å². The lowest BCUT2D eigenvalue weighted by atomic mass is 10.1. The molecule has 2 heterocycles. The minimum absolute atomic E-state index is 0.00602. The highest BCUT2D eigenvalue weighted by atomic mass is 16.2. The molecule has 6 heteroatoms. The standard InChI is InChI=1S/C11H19N5O/c1-9(16-8-12-7-15-16)11(17)14-6-4-10-3-2-5-13-10/h7-10,13H,2-6H2,1H3,(H,14,17)/t9?,10-/m0/s1. The molecular formula is C11H19N5O. The molecule has 1 amide bonds. The van der Waals surface area contributed by atoms with Crippen LogP contribution in [0.4, 0.5) is 0 Å². The van der Waals surface area contributed by atoms with Crippen LogP contribution < -0.4 is 10.6 Å². The van der Waals surface area contributed by atoms with Gasteiger partial charge < -0.3 is 10.6 Å². The lowest BCUT2D eigenvalue weighted by molar-refractivity contribution is -0.124. The van der Waals surface area contributed by atoms with Crippen LogP contribution in [0.5, 0.6) is 0 Å². The van der Waals surface area contributed by atoms with Gasteiger partial charge in [-0.3, -0.25) is 4.79 Å². The van der Waals surface area contributed by atoms with Crippen LogP contribution in [-0.2, 0) is 4.79 Å². The molecule has 17 heavy (non-hydrogen) atoms. The maximum Gasteiger partial charge on any atom is 0.244 e. The smallest absolute Gasteiger partial charge is 0.244 e. The molecule has 0 spiro atoms. The van der Waals surface area contributed by atoms with E-state index in [1.807, 2.05) is 6.92 Å². The zero-order chi connectivity index (χ0) is 12.1. The third-order valence-corrected chi connectivity index (χ3v) is 3.17. The molecule has 1 aliphatic heterocycles. The first-order chi connectivity index (χ1) is 8.27. The monoisotopic (exact) mass is 237 g/mol. The summed E-state index contributed by atoms with van der Waals surface area (Å²) >= 11 is 0. The van der Waals surface area contributed by atoms with E-state index in [9.17, 15) is 4.79 Å². The van der Waals surface area contributed by atoms with Gasteiger partial charge in [0.05, 0.1) is 0 Å². The molecule has 0 aliphatic carbocycles. The van der Waals surface area contributed by atoms with Crippen molar-refractivity contribution in [1.82, 2.24) is 25.4 Å². The van der Waals surface area contributed by atoms with Crippen molar-refractivity contribution in [2.24, 2.45) is 0 Å². The quantitative estimate of drug-likeness (QED) is 0.761. The first kappa shape index (κ1) is 12.0. The van der Waals surface area contributed by atoms with E-state index >= 15 is 0 Å². The van der Waals surface area contributed by atoms with Gasteiger partial charge >= 0.3 is 0 Å². The summed E-state index contributed by atoms with van der Waals surface area (Å²) < 4.78 is 1.56. The SMILES string of the molecule is CC(C(=O)NCC[C@@H]1CCCN1)n1cncn1. The lowest BCUT2D eigenvalue weighted by Crippen LogP contribution is -2.34. The van der Waals surface area contributed by atoms with Gasteiger partial charge in [-0.25, -0.2) is 9.67 Å². The Morgan fingerprint density at radius 1 is 1.71 bits per heavy atom. The maximum absolute atomic E-state index is 11.8. The van der Waals surface area contributed by atoms with Gasteiger partial charge in [0.25, 0.3) is 0 Å². The third kappa shape index (κ3) is 3.26. The average Bonchev–Trinajstić information content (AvgIpc) is 3.00. The fourth-order valence-corrected chi connectivity index (χ4v) is 2.06. The van der Waals surface area contributed by atoms with Crippen molar-refractivity contribution in [2.45, 2.75) is 38.3 Å². The molecule has 1 aromatic heterocycles. The molecule has 2 rings (SSSR count). The highest BCUT2D eigenvalue weighted by molar-refractivity contribution is 5.79. The Labute approximate surface area is 101 Å². The molecule has 2 atom stereocenters. The van der Waals surface area contributed by atoms with Crippen molar-refractivity contribution in [3.63, 3.8) is 0 Å². The van der Waals surface area contributed by atoms with Crippen LogP contribution in [0.1, 0.15) is 32.2 Å². The second kappa shape index (κ2) is 5.77. The van der Waals surface area contributed by atoms with Gasteiger partial charge in [0.1, 0.15) is 18.7 Å². The molecule has 0 radical (unpaired) electrons. The van der Waals surface area contributed by atoms with E-state index in [-0.39, 0.29) is 11.9 Å². The zero-order valence-electron chi connectivity index (χ0n) is 10.1. The largest absolute Gasteiger partial charge is 0.354 e. The van der Waals surface area contributed by atoms with Crippen molar-refractivity contribution in [3.05, 3.63) is 12.7 Å². The first-order valence-corrected chi connectivity index (χ1v) is 6.12. The molecule has 1 unspecified atom stereocenters. The van der Waals surface area contributed by atoms with Crippen LogP contribution >= 0.6 is 0 Å². The number of amides is 1. The molecule has 1 fully saturated rings. The van der Waals surface area contributed by atoms with Crippen LogP contribution in [0.2, 0.25) is 0 Å². The van der Waals surface area contributed by atoms with Gasteiger partial charge in [0.15, 0.2) is 0 Å². The van der Waals surface area contributed by atoms with E-state index in [0.29, 0.717) is 6.04 Å². The lowest BCUT2D eigenvalue weighted by Gasteiger charge is -2.14. The maximum atomic E-state index is 11.8. The van der Waals surface area contributed by atoms with Crippen LogP contribution in [-0.4, -0.2) is 39.8 Å². The molecule has 1 saturated heterocycles. The average molecular weight is 237 g/mol. The molecule has 0 bridgehead atoms. The van der Waals surface area contributed by atoms with Crippen molar-refractivity contribution in [1.29, 1.82) is 0 Å². The predicted octanol–water partition coefficient (Wildman–Crippen LogP) is 0.0974. The molecule has 0 aromatic carbocycles. The van der Waals surface area contributed by atoms with E-state index in [2.05, 4.69) is 20.7 Å². The second-order valence-corrected chi connectivity index (χ2v) is 4.42. The number of nitrogens with one attached hydrogen (secondary N) is 2. The summed E-state index contributed by atoms with van der Waals surface area (Å²) in [5.74, 6) is -0.00602. The summed E-state index contributed by atoms with van der Waals surface area (Å²) in [4.78, 5) is 15.6. The second-order valence-electron chi connectivity index (χ2n) is 4.42. The Bertz CT molecular complexity index is 345. The minimum Gasteiger partial charge on any atom is -0.354 e. The van der Waals surface area contributed by atoms with Crippen LogP contribution in [0.15, 0.2) is 12.7 Å². The van der Waals surface area contributed by atoms with Crippen LogP contribution in [0, 0.1) is 0 Å². The number of carbonyl (C=O) groups excluding carboxylic acids is 1. The Balaban J connectivity index is 1.69. The number of hydrogen-bond donors (Lipinski definition) is 2. The summed E-state index contributed by atoms with van der Waals surface area (Å²) in [6.45, 7) is 3.64. The van der Waals surface area contributed by atoms with E-state index in [0.717, 1.165) is 19.5 Å². The number of rotatable bonds is 5. The topological polar surface area (TPSA) is 71.8 Å². The Hall–Kier alpha value is -1.43. The van der Waals surface area contributed by atoms with Crippen molar-refractivity contribution >= 4 is 5.91 Å². The van der Waals surface area contributed by atoms with E-state index in [4.69, 9.17) is 0 Å². The number of aromatic nitrogens is 3. The molecule has 94 valence electrons. The molecule has 2 N–H and O–H groups in total. The number of hydrogen-bond acceptors (Lipinski definition) is 4. The summed E-state index contributed by atoms with van der Waals surface area (Å²) in [7, 11) is 0. The molecule has 1 aromatic rings. The van der Waals surface area contributed by atoms with Crippen molar-refractivity contribution in [2.75, 3.05) is 13.1 Å². The Morgan fingerprint density at radius 2 is 2.59 bits per heavy atom. The van der Waals surface area contributed by atoms with Crippen molar-refractivity contribution in [3.8, 4) is 0 Å². The number of carbonyl (C=O) groups is 1. The fraction of sp³-hybridized carbons (Fsp3) is 0.727. The predicted molar refractivity (Wildman–Crippen MR) is 63.4 cm³/mol. The zero-order valence-corrected chi connectivity index (χ0v) is 10.1. The van der Waals surface area contributed by atoms with Crippen molar-refractivity contribution < 1.29 is 4.79 Å². The fourth-order valence-electron chi connectivity index (χ4n) is 2.06. The van der Waals surface area contributed by atoms with Gasteiger partial charge in [-0.15, -0.1) is 0 Å². The van der Waals surface area contributed by atoms with Gasteiger partial charge in [-0.1, -0.05) is 0 Å². The molecule has 0 saturated carbocycles. The van der Waals surface area contributed by atoms with Crippen LogP contribution in [0.3, 0.4) is 0 Å². The van der Waals surface area contributed by atoms with Crippen LogP contribution in [0.25, 0.3) is 0 Å². The summed E-state index contributed by atoms with van der Waals surface area (Å²) in [5, 5.41) is 10.3. The third-order valence-electron chi connectivity index (χ3n) is 3.17. The molecule has 1 aliphatic rings. The Kier molecular flexibility index (Phi) is 4.08. The summed E-state index contributed by atoms with van der Waals surface area (Å²) in [5.41, 5.74) is 0. The number of nitrogens with zero attached hydrogens (tertiary/aromatic N) is 3. The van der Waals surface area contributed by atoms with Gasteiger partial charge in [0.2, 0.25) is 5.91 Å². The summed E-state index contributed by atoms with van der Waals surface area (Å²) in [6, 6.07) is 0.269. The van der Waals surface area contributed by atoms with E-state index in [1.165, 1.54) is 19.2 Å². The molecule has 6 nitrogen and oxygen atoms in total. The van der Waals surface area contributed by atoms with E-state index in [1.54, 1.807) is 11.0 Å². The normalized spacial score (nSPS) is 21.4. The van der Waals surface area contributed by atoms with Gasteiger partial charge in [0, 0.05) is 12.6 Å². The van der Waals surface area contributed by atoms with E-state index < -0.39 is 0 Å². The highest BCUT2D eigenvalue weighted by Crippen LogP contribution is 2.08. The highest BCUT2D eigenvalue weighted by Gasteiger charge is 2.17. The molecular weight excluding hydrogens is 218 g/mol. The van der Waals surface area contributed by atoms with Gasteiger partial charge in [-0.2, -0.15) is 5.10 Å².